The summed E-state index contributed by atoms with van der Waals surface area (Å²) >= 11 is 0. The number of halogens is 1. The van der Waals surface area contributed by atoms with Gasteiger partial charge < -0.3 is 21.4 Å². The number of nitrogens with two attached hydrogens (primary N) is 1. The lowest BCUT2D eigenvalue weighted by atomic mass is 9.93. The van der Waals surface area contributed by atoms with Crippen LogP contribution in [0.3, 0.4) is 0 Å². The van der Waals surface area contributed by atoms with Gasteiger partial charge in [-0.25, -0.2) is 14.4 Å². The highest BCUT2D eigenvalue weighted by atomic mass is 19.1. The molecule has 0 bridgehead atoms. The van der Waals surface area contributed by atoms with Gasteiger partial charge >= 0.3 is 0 Å². The van der Waals surface area contributed by atoms with Crippen molar-refractivity contribution < 1.29 is 18.8 Å². The van der Waals surface area contributed by atoms with Gasteiger partial charge in [-0.05, 0) is 72.1 Å². The number of nitrogens with one attached hydrogen (secondary N) is 3. The van der Waals surface area contributed by atoms with E-state index in [9.17, 15) is 18.8 Å². The molecular weight excluding hydrogens is 535 g/mol. The fourth-order valence-corrected chi connectivity index (χ4v) is 5.00. The second-order valence-electron chi connectivity index (χ2n) is 9.68. The minimum Gasteiger partial charge on any atom is -0.366 e. The Bertz CT molecular complexity index is 2020. The number of amides is 3. The maximum absolute atomic E-state index is 13.3. The predicted octanol–water partition coefficient (Wildman–Crippen LogP) is 5.83. The van der Waals surface area contributed by atoms with Gasteiger partial charge in [-0.1, -0.05) is 24.3 Å². The van der Waals surface area contributed by atoms with Gasteiger partial charge in [-0.2, -0.15) is 0 Å². The fourth-order valence-electron chi connectivity index (χ4n) is 5.00. The molecule has 0 unspecified atom stereocenters. The summed E-state index contributed by atoms with van der Waals surface area (Å²) in [5.41, 5.74) is 11.5. The normalized spacial score (nSPS) is 11.0. The molecule has 3 amide bonds. The molecule has 10 heteroatoms. The van der Waals surface area contributed by atoms with E-state index in [0.29, 0.717) is 39.1 Å². The Hall–Kier alpha value is -5.90. The first-order valence-corrected chi connectivity index (χ1v) is 12.9. The zero-order chi connectivity index (χ0) is 29.4. The van der Waals surface area contributed by atoms with Gasteiger partial charge in [0.25, 0.3) is 17.7 Å². The third-order valence-electron chi connectivity index (χ3n) is 7.08. The standard InChI is InChI=1S/C32H23FN6O3/c1-17-22(3-2-4-26(17)39-31(41)18-5-7-20(33)8-6-18)23-11-12-25(30(34)40)29-28(23)24-10-9-21(13-27(24)38-29)37-32(42)19-14-35-16-36-15-19/h2-16,38H,1H3,(H2,34,40)(H,37,42)(H,39,41). The van der Waals surface area contributed by atoms with Crippen molar-refractivity contribution in [3.63, 3.8) is 0 Å². The summed E-state index contributed by atoms with van der Waals surface area (Å²) < 4.78 is 13.3. The molecule has 0 aliphatic rings. The van der Waals surface area contributed by atoms with Crippen molar-refractivity contribution in [1.29, 1.82) is 0 Å². The molecule has 0 saturated carbocycles. The van der Waals surface area contributed by atoms with Gasteiger partial charge in [0.1, 0.15) is 12.1 Å². The minimum atomic E-state index is -0.590. The molecule has 2 aromatic heterocycles. The third kappa shape index (κ3) is 4.81. The van der Waals surface area contributed by atoms with Crippen LogP contribution in [0.15, 0.2) is 91.5 Å². The number of primary amides is 1. The van der Waals surface area contributed by atoms with E-state index in [1.54, 1.807) is 24.3 Å². The van der Waals surface area contributed by atoms with E-state index in [1.807, 2.05) is 31.2 Å². The van der Waals surface area contributed by atoms with Gasteiger partial charge in [-0.15, -0.1) is 0 Å². The zero-order valence-corrected chi connectivity index (χ0v) is 22.2. The number of H-pyrrole nitrogens is 1. The Kier molecular flexibility index (Phi) is 6.63. The first-order valence-electron chi connectivity index (χ1n) is 12.9. The SMILES string of the molecule is Cc1c(NC(=O)c2ccc(F)cc2)cccc1-c1ccc(C(N)=O)c2[nH]c3cc(NC(=O)c4cncnc4)ccc3c12. The van der Waals surface area contributed by atoms with Crippen LogP contribution in [0.5, 0.6) is 0 Å². The number of carbonyl (C=O) groups excluding carboxylic acids is 3. The van der Waals surface area contributed by atoms with Crippen LogP contribution in [0, 0.1) is 12.7 Å². The number of aromatic amines is 1. The highest BCUT2D eigenvalue weighted by molar-refractivity contribution is 6.20. The molecule has 5 N–H and O–H groups in total. The van der Waals surface area contributed by atoms with E-state index in [1.165, 1.54) is 43.0 Å². The Morgan fingerprint density at radius 3 is 2.31 bits per heavy atom. The molecule has 0 radical (unpaired) electrons. The second-order valence-corrected chi connectivity index (χ2v) is 9.68. The van der Waals surface area contributed by atoms with E-state index in [-0.39, 0.29) is 11.8 Å². The number of nitrogens with zero attached hydrogens (tertiary/aromatic N) is 2. The van der Waals surface area contributed by atoms with Crippen LogP contribution in [-0.2, 0) is 0 Å². The van der Waals surface area contributed by atoms with Crippen molar-refractivity contribution in [3.8, 4) is 11.1 Å². The Labute approximate surface area is 238 Å². The van der Waals surface area contributed by atoms with Gasteiger partial charge in [0, 0.05) is 45.6 Å². The molecule has 6 aromatic rings. The summed E-state index contributed by atoms with van der Waals surface area (Å²) in [6.45, 7) is 1.89. The molecule has 0 aliphatic carbocycles. The van der Waals surface area contributed by atoms with E-state index >= 15 is 0 Å². The molecule has 0 saturated heterocycles. The smallest absolute Gasteiger partial charge is 0.258 e. The van der Waals surface area contributed by atoms with Crippen LogP contribution in [0.4, 0.5) is 15.8 Å². The molecule has 2 heterocycles. The van der Waals surface area contributed by atoms with Crippen molar-refractivity contribution in [1.82, 2.24) is 15.0 Å². The number of rotatable bonds is 6. The van der Waals surface area contributed by atoms with Crippen molar-refractivity contribution >= 4 is 50.9 Å². The monoisotopic (exact) mass is 558 g/mol. The first kappa shape index (κ1) is 26.3. The lowest BCUT2D eigenvalue weighted by Gasteiger charge is -2.15. The Morgan fingerprint density at radius 2 is 1.57 bits per heavy atom. The lowest BCUT2D eigenvalue weighted by molar-refractivity contribution is 0.0997. The maximum Gasteiger partial charge on any atom is 0.258 e. The average Bonchev–Trinajstić information content (AvgIpc) is 3.37. The molecule has 4 aromatic carbocycles. The van der Waals surface area contributed by atoms with Crippen LogP contribution in [-0.4, -0.2) is 32.7 Å². The van der Waals surface area contributed by atoms with Crippen molar-refractivity contribution in [2.24, 2.45) is 5.73 Å². The predicted molar refractivity (Wildman–Crippen MR) is 159 cm³/mol. The third-order valence-corrected chi connectivity index (χ3v) is 7.08. The van der Waals surface area contributed by atoms with Crippen LogP contribution in [0.25, 0.3) is 32.9 Å². The van der Waals surface area contributed by atoms with Crippen molar-refractivity contribution in [2.45, 2.75) is 6.92 Å². The molecule has 9 nitrogen and oxygen atoms in total. The quantitative estimate of drug-likeness (QED) is 0.203. The largest absolute Gasteiger partial charge is 0.366 e. The van der Waals surface area contributed by atoms with Crippen LogP contribution >= 0.6 is 0 Å². The summed E-state index contributed by atoms with van der Waals surface area (Å²) in [6.07, 6.45) is 4.19. The van der Waals surface area contributed by atoms with Crippen molar-refractivity contribution in [3.05, 3.63) is 120 Å². The van der Waals surface area contributed by atoms with Crippen LogP contribution in [0.2, 0.25) is 0 Å². The fraction of sp³-hybridized carbons (Fsp3) is 0.0312. The Balaban J connectivity index is 1.43. The second kappa shape index (κ2) is 10.6. The molecule has 0 atom stereocenters. The van der Waals surface area contributed by atoms with E-state index < -0.39 is 11.7 Å². The number of anilines is 2. The molecule has 42 heavy (non-hydrogen) atoms. The number of benzene rings is 4. The number of hydrogen-bond acceptors (Lipinski definition) is 5. The van der Waals surface area contributed by atoms with Gasteiger partial charge in [0.15, 0.2) is 0 Å². The van der Waals surface area contributed by atoms with Crippen LogP contribution < -0.4 is 16.4 Å². The summed E-state index contributed by atoms with van der Waals surface area (Å²) in [5.74, 6) is -1.74. The lowest BCUT2D eigenvalue weighted by Crippen LogP contribution is -2.13. The van der Waals surface area contributed by atoms with Crippen LogP contribution in [0.1, 0.15) is 36.6 Å². The summed E-state index contributed by atoms with van der Waals surface area (Å²) in [7, 11) is 0. The Morgan fingerprint density at radius 1 is 0.833 bits per heavy atom. The van der Waals surface area contributed by atoms with Gasteiger partial charge in [0.2, 0.25) is 0 Å². The maximum atomic E-state index is 13.3. The summed E-state index contributed by atoms with van der Waals surface area (Å²) in [5, 5.41) is 7.32. The zero-order valence-electron chi connectivity index (χ0n) is 22.2. The van der Waals surface area contributed by atoms with E-state index in [4.69, 9.17) is 5.73 Å². The number of fused-ring (bicyclic) bond motifs is 3. The molecule has 6 rings (SSSR count). The van der Waals surface area contributed by atoms with E-state index in [0.717, 1.165) is 27.5 Å². The van der Waals surface area contributed by atoms with Gasteiger partial charge in [0.05, 0.1) is 16.6 Å². The summed E-state index contributed by atoms with van der Waals surface area (Å²) in [4.78, 5) is 48.9. The molecule has 0 aliphatic heterocycles. The first-order chi connectivity index (χ1) is 20.3. The highest BCUT2D eigenvalue weighted by Gasteiger charge is 2.19. The molecular formula is C32H23FN6O3. The number of aromatic nitrogens is 3. The highest BCUT2D eigenvalue weighted by Crippen LogP contribution is 2.39. The minimum absolute atomic E-state index is 0.314. The van der Waals surface area contributed by atoms with Gasteiger partial charge in [-0.3, -0.25) is 14.4 Å². The molecule has 206 valence electrons. The number of hydrogen-bond donors (Lipinski definition) is 4. The number of carbonyl (C=O) groups is 3. The average molecular weight is 559 g/mol. The van der Waals surface area contributed by atoms with Crippen molar-refractivity contribution in [2.75, 3.05) is 10.6 Å². The summed E-state index contributed by atoms with van der Waals surface area (Å²) in [6, 6.07) is 19.7. The molecule has 0 fully saturated rings. The molecule has 0 spiro atoms. The van der Waals surface area contributed by atoms with E-state index in [2.05, 4.69) is 25.6 Å². The topological polar surface area (TPSA) is 143 Å².